The summed E-state index contributed by atoms with van der Waals surface area (Å²) in [4.78, 5) is 1.29. The van der Waals surface area contributed by atoms with Crippen LogP contribution >= 0.6 is 22.9 Å². The summed E-state index contributed by atoms with van der Waals surface area (Å²) in [5.74, 6) is 0. The topological polar surface area (TPSA) is 12.0 Å². The van der Waals surface area contributed by atoms with Crippen molar-refractivity contribution in [3.05, 3.63) is 21.3 Å². The van der Waals surface area contributed by atoms with Gasteiger partial charge in [0.05, 0.1) is 5.02 Å². The van der Waals surface area contributed by atoms with Crippen LogP contribution in [-0.4, -0.2) is 6.54 Å². The molecule has 1 aromatic heterocycles. The molecule has 80 valence electrons. The Morgan fingerprint density at radius 1 is 1.50 bits per heavy atom. The van der Waals surface area contributed by atoms with Crippen molar-refractivity contribution in [2.24, 2.45) is 0 Å². The third-order valence-corrected chi connectivity index (χ3v) is 3.73. The third kappa shape index (κ3) is 3.26. The Bertz CT molecular complexity index is 260. The van der Waals surface area contributed by atoms with E-state index in [0.717, 1.165) is 11.6 Å². The molecular formula is C11H18ClNS. The maximum Gasteiger partial charge on any atom is 0.0561 e. The average Bonchev–Trinajstić information content (AvgIpc) is 2.59. The summed E-state index contributed by atoms with van der Waals surface area (Å²) in [6.07, 6.45) is 3.68. The minimum Gasteiger partial charge on any atom is -0.309 e. The smallest absolute Gasteiger partial charge is 0.0561 e. The van der Waals surface area contributed by atoms with Crippen molar-refractivity contribution in [3.63, 3.8) is 0 Å². The molecule has 1 aromatic rings. The van der Waals surface area contributed by atoms with E-state index in [4.69, 9.17) is 11.6 Å². The monoisotopic (exact) mass is 231 g/mol. The summed E-state index contributed by atoms with van der Waals surface area (Å²) < 4.78 is 0. The highest BCUT2D eigenvalue weighted by Crippen LogP contribution is 2.31. The molecule has 1 nitrogen and oxygen atoms in total. The summed E-state index contributed by atoms with van der Waals surface area (Å²) in [6, 6.07) is 2.44. The second-order valence-electron chi connectivity index (χ2n) is 3.39. The van der Waals surface area contributed by atoms with Crippen molar-refractivity contribution in [3.8, 4) is 0 Å². The molecule has 0 fully saturated rings. The summed E-state index contributed by atoms with van der Waals surface area (Å²) in [5.41, 5.74) is 0. The van der Waals surface area contributed by atoms with Gasteiger partial charge in [0.15, 0.2) is 0 Å². The molecule has 0 aliphatic carbocycles. The maximum absolute atomic E-state index is 6.12. The van der Waals surface area contributed by atoms with Crippen LogP contribution in [0.25, 0.3) is 0 Å². The second-order valence-corrected chi connectivity index (χ2v) is 4.74. The van der Waals surface area contributed by atoms with E-state index in [2.05, 4.69) is 24.5 Å². The number of rotatable bonds is 6. The Balaban J connectivity index is 2.62. The fraction of sp³-hybridized carbons (Fsp3) is 0.636. The number of unbranched alkanes of at least 4 members (excludes halogenated alkanes) is 1. The zero-order chi connectivity index (χ0) is 10.4. The lowest BCUT2D eigenvalue weighted by atomic mass is 10.1. The van der Waals surface area contributed by atoms with Gasteiger partial charge in [-0.3, -0.25) is 0 Å². The number of nitrogens with one attached hydrogen (secondary N) is 1. The largest absolute Gasteiger partial charge is 0.309 e. The van der Waals surface area contributed by atoms with Gasteiger partial charge in [0.2, 0.25) is 0 Å². The molecule has 14 heavy (non-hydrogen) atoms. The van der Waals surface area contributed by atoms with Crippen molar-refractivity contribution in [2.45, 2.75) is 39.2 Å². The van der Waals surface area contributed by atoms with Gasteiger partial charge in [-0.05, 0) is 24.4 Å². The molecular weight excluding hydrogens is 214 g/mol. The quantitative estimate of drug-likeness (QED) is 0.772. The van der Waals surface area contributed by atoms with Crippen molar-refractivity contribution >= 4 is 22.9 Å². The lowest BCUT2D eigenvalue weighted by Gasteiger charge is -2.16. The Hall–Kier alpha value is -0.0500. The van der Waals surface area contributed by atoms with Crippen LogP contribution in [0.4, 0.5) is 0 Å². The number of hydrogen-bond donors (Lipinski definition) is 1. The molecule has 0 radical (unpaired) electrons. The zero-order valence-electron chi connectivity index (χ0n) is 8.85. The molecule has 0 aliphatic heterocycles. The van der Waals surface area contributed by atoms with E-state index in [0.29, 0.717) is 6.04 Å². The fourth-order valence-electron chi connectivity index (χ4n) is 1.53. The maximum atomic E-state index is 6.12. The van der Waals surface area contributed by atoms with Crippen LogP contribution in [0.2, 0.25) is 5.02 Å². The lowest BCUT2D eigenvalue weighted by Crippen LogP contribution is -2.20. The van der Waals surface area contributed by atoms with Gasteiger partial charge in [0, 0.05) is 10.9 Å². The van der Waals surface area contributed by atoms with Gasteiger partial charge in [-0.1, -0.05) is 38.3 Å². The molecule has 0 spiro atoms. The molecule has 1 heterocycles. The van der Waals surface area contributed by atoms with Gasteiger partial charge in [0.25, 0.3) is 0 Å². The molecule has 0 saturated heterocycles. The van der Waals surface area contributed by atoms with Crippen molar-refractivity contribution in [2.75, 3.05) is 6.54 Å². The molecule has 0 aliphatic rings. The van der Waals surface area contributed by atoms with Gasteiger partial charge in [-0.2, -0.15) is 0 Å². The van der Waals surface area contributed by atoms with Crippen molar-refractivity contribution in [1.29, 1.82) is 0 Å². The van der Waals surface area contributed by atoms with Crippen LogP contribution < -0.4 is 5.32 Å². The van der Waals surface area contributed by atoms with Crippen molar-refractivity contribution in [1.82, 2.24) is 5.32 Å². The summed E-state index contributed by atoms with van der Waals surface area (Å²) in [7, 11) is 0. The summed E-state index contributed by atoms with van der Waals surface area (Å²) >= 11 is 7.87. The molecule has 1 rings (SSSR count). The van der Waals surface area contributed by atoms with Crippen LogP contribution in [0.3, 0.4) is 0 Å². The Labute approximate surface area is 95.5 Å². The first-order valence-electron chi connectivity index (χ1n) is 5.25. The van der Waals surface area contributed by atoms with Gasteiger partial charge >= 0.3 is 0 Å². The Morgan fingerprint density at radius 2 is 2.29 bits per heavy atom. The first-order chi connectivity index (χ1) is 6.79. The standard InChI is InChI=1S/C11H18ClNS/c1-3-5-6-10(13-4-2)11-9(12)7-8-14-11/h7-8,10,13H,3-6H2,1-2H3. The van der Waals surface area contributed by atoms with E-state index in [1.807, 2.05) is 6.07 Å². The molecule has 0 bridgehead atoms. The van der Waals surface area contributed by atoms with Crippen LogP contribution in [0.1, 0.15) is 44.0 Å². The van der Waals surface area contributed by atoms with Crippen molar-refractivity contribution < 1.29 is 0 Å². The van der Waals surface area contributed by atoms with Crippen LogP contribution in [0.15, 0.2) is 11.4 Å². The van der Waals surface area contributed by atoms with E-state index in [-0.39, 0.29) is 0 Å². The van der Waals surface area contributed by atoms with E-state index in [9.17, 15) is 0 Å². The second kappa shape index (κ2) is 6.44. The number of hydrogen-bond acceptors (Lipinski definition) is 2. The van der Waals surface area contributed by atoms with E-state index < -0.39 is 0 Å². The number of halogens is 1. The van der Waals surface area contributed by atoms with Gasteiger partial charge < -0.3 is 5.32 Å². The van der Waals surface area contributed by atoms with Gasteiger partial charge in [-0.25, -0.2) is 0 Å². The van der Waals surface area contributed by atoms with Crippen LogP contribution in [0.5, 0.6) is 0 Å². The van der Waals surface area contributed by atoms with Crippen LogP contribution in [0, 0.1) is 0 Å². The highest BCUT2D eigenvalue weighted by molar-refractivity contribution is 7.10. The first-order valence-corrected chi connectivity index (χ1v) is 6.51. The predicted molar refractivity (Wildman–Crippen MR) is 65.3 cm³/mol. The Kier molecular flexibility index (Phi) is 5.53. The molecule has 1 atom stereocenters. The highest BCUT2D eigenvalue weighted by atomic mass is 35.5. The molecule has 0 amide bonds. The fourth-order valence-corrected chi connectivity index (χ4v) is 2.83. The lowest BCUT2D eigenvalue weighted by molar-refractivity contribution is 0.501. The van der Waals surface area contributed by atoms with E-state index in [1.165, 1.54) is 24.1 Å². The zero-order valence-corrected chi connectivity index (χ0v) is 10.4. The average molecular weight is 232 g/mol. The normalized spacial score (nSPS) is 13.1. The van der Waals surface area contributed by atoms with Gasteiger partial charge in [-0.15, -0.1) is 11.3 Å². The van der Waals surface area contributed by atoms with E-state index >= 15 is 0 Å². The van der Waals surface area contributed by atoms with Crippen LogP contribution in [-0.2, 0) is 0 Å². The molecule has 3 heteroatoms. The minimum absolute atomic E-state index is 0.451. The molecule has 1 unspecified atom stereocenters. The first kappa shape index (κ1) is 12.0. The predicted octanol–water partition coefficient (Wildman–Crippen LogP) is 4.24. The summed E-state index contributed by atoms with van der Waals surface area (Å²) in [6.45, 7) is 5.36. The molecule has 0 saturated carbocycles. The Morgan fingerprint density at radius 3 is 2.79 bits per heavy atom. The summed E-state index contributed by atoms with van der Waals surface area (Å²) in [5, 5.41) is 6.46. The minimum atomic E-state index is 0.451. The molecule has 0 aromatic carbocycles. The molecule has 1 N–H and O–H groups in total. The SMILES string of the molecule is CCCCC(NCC)c1sccc1Cl. The number of thiophene rings is 1. The highest BCUT2D eigenvalue weighted by Gasteiger charge is 2.13. The van der Waals surface area contributed by atoms with E-state index in [1.54, 1.807) is 11.3 Å². The van der Waals surface area contributed by atoms with Gasteiger partial charge in [0.1, 0.15) is 0 Å². The third-order valence-electron chi connectivity index (χ3n) is 2.26.